The summed E-state index contributed by atoms with van der Waals surface area (Å²) in [6, 6.07) is 7.32. The van der Waals surface area contributed by atoms with E-state index >= 15 is 0 Å². The first-order valence-electron chi connectivity index (χ1n) is 8.88. The Morgan fingerprint density at radius 2 is 2.00 bits per heavy atom. The first-order chi connectivity index (χ1) is 11.3. The van der Waals surface area contributed by atoms with Crippen molar-refractivity contribution in [3.05, 3.63) is 23.8 Å². The minimum Gasteiger partial charge on any atom is -0.312 e. The zero-order chi connectivity index (χ0) is 15.4. The Hall–Kier alpha value is -1.04. The molecule has 5 aliphatic heterocycles. The third kappa shape index (κ3) is 2.41. The maximum absolute atomic E-state index is 12.0. The van der Waals surface area contributed by atoms with Crippen molar-refractivity contribution in [2.45, 2.75) is 43.2 Å². The number of fused-ring (bicyclic) bond motifs is 4. The maximum atomic E-state index is 12.0. The van der Waals surface area contributed by atoms with E-state index in [1.165, 1.54) is 42.9 Å². The lowest BCUT2D eigenvalue weighted by molar-refractivity contribution is -0.117. The van der Waals surface area contributed by atoms with Crippen molar-refractivity contribution in [2.24, 2.45) is 5.92 Å². The molecule has 1 aromatic rings. The fraction of sp³-hybridized carbons (Fsp3) is 0.611. The molecule has 1 amide bonds. The van der Waals surface area contributed by atoms with Gasteiger partial charge in [0.15, 0.2) is 0 Å². The van der Waals surface area contributed by atoms with Crippen molar-refractivity contribution in [3.8, 4) is 0 Å². The maximum Gasteiger partial charge on any atom is 0.227 e. The first kappa shape index (κ1) is 14.3. The molecule has 0 aliphatic carbocycles. The predicted octanol–water partition coefficient (Wildman–Crippen LogP) is 2.73. The number of carbonyl (C=O) groups excluding carboxylic acids is 1. The second-order valence-electron chi connectivity index (χ2n) is 7.31. The molecule has 5 heterocycles. The smallest absolute Gasteiger partial charge is 0.227 e. The van der Waals surface area contributed by atoms with E-state index < -0.39 is 0 Å². The van der Waals surface area contributed by atoms with Gasteiger partial charge in [0, 0.05) is 42.7 Å². The lowest BCUT2D eigenvalue weighted by Gasteiger charge is -2.47. The molecule has 0 spiro atoms. The highest BCUT2D eigenvalue weighted by Crippen LogP contribution is 2.44. The van der Waals surface area contributed by atoms with Crippen molar-refractivity contribution in [2.75, 3.05) is 31.1 Å². The number of carbonyl (C=O) groups is 1. The van der Waals surface area contributed by atoms with Crippen LogP contribution < -0.4 is 4.90 Å². The molecule has 0 radical (unpaired) electrons. The van der Waals surface area contributed by atoms with E-state index in [4.69, 9.17) is 0 Å². The lowest BCUT2D eigenvalue weighted by atomic mass is 9.84. The van der Waals surface area contributed by atoms with E-state index in [1.807, 2.05) is 16.8 Å². The van der Waals surface area contributed by atoms with Gasteiger partial charge < -0.3 is 9.80 Å². The molecule has 5 heteroatoms. The second-order valence-corrected chi connectivity index (χ2v) is 8.40. The Labute approximate surface area is 141 Å². The molecule has 23 heavy (non-hydrogen) atoms. The topological polar surface area (TPSA) is 26.8 Å². The Kier molecular flexibility index (Phi) is 3.42. The fourth-order valence-corrected chi connectivity index (χ4v) is 5.87. The molecule has 0 saturated carbocycles. The third-order valence-electron chi connectivity index (χ3n) is 5.97. The van der Waals surface area contributed by atoms with E-state index in [9.17, 15) is 4.79 Å². The summed E-state index contributed by atoms with van der Waals surface area (Å²) in [5.41, 5.74) is 2.52. The molecule has 1 aromatic carbocycles. The van der Waals surface area contributed by atoms with Gasteiger partial charge in [-0.05, 0) is 67.9 Å². The first-order valence-corrected chi connectivity index (χ1v) is 9.65. The SMILES string of the molecule is O=C1CCCN1c1ccc2c(c1)SN([C@@H]1CN3CCC1CC3)C2. The summed E-state index contributed by atoms with van der Waals surface area (Å²) < 4.78 is 2.61. The highest BCUT2D eigenvalue weighted by molar-refractivity contribution is 7.97. The van der Waals surface area contributed by atoms with Gasteiger partial charge in [0.2, 0.25) is 5.91 Å². The number of hydrogen-bond acceptors (Lipinski definition) is 4. The van der Waals surface area contributed by atoms with Crippen LogP contribution in [0.1, 0.15) is 31.2 Å². The number of piperidine rings is 3. The van der Waals surface area contributed by atoms with Gasteiger partial charge >= 0.3 is 0 Å². The molecule has 2 bridgehead atoms. The van der Waals surface area contributed by atoms with Crippen LogP contribution in [-0.4, -0.2) is 47.3 Å². The molecular formula is C18H23N3OS. The van der Waals surface area contributed by atoms with Crippen LogP contribution in [0.3, 0.4) is 0 Å². The van der Waals surface area contributed by atoms with E-state index in [1.54, 1.807) is 0 Å². The van der Waals surface area contributed by atoms with Crippen LogP contribution in [0, 0.1) is 5.92 Å². The summed E-state index contributed by atoms with van der Waals surface area (Å²) in [6.07, 6.45) is 4.43. The fourth-order valence-electron chi connectivity index (χ4n) is 4.62. The molecule has 5 aliphatic rings. The highest BCUT2D eigenvalue weighted by Gasteiger charge is 2.40. The largest absolute Gasteiger partial charge is 0.312 e. The van der Waals surface area contributed by atoms with Crippen LogP contribution in [0.5, 0.6) is 0 Å². The molecule has 0 aromatic heterocycles. The van der Waals surface area contributed by atoms with Crippen LogP contribution in [0.25, 0.3) is 0 Å². The standard InChI is InChI=1S/C18H23N3OS/c22-18-2-1-7-20(18)15-4-3-14-11-21(23-17(14)10-15)16-12-19-8-5-13(16)6-9-19/h3-4,10,13,16H,1-2,5-9,11-12H2/t16-/m1/s1. The van der Waals surface area contributed by atoms with Crippen molar-refractivity contribution in [1.29, 1.82) is 0 Å². The van der Waals surface area contributed by atoms with Gasteiger partial charge in [-0.15, -0.1) is 0 Å². The average Bonchev–Trinajstić information content (AvgIpc) is 3.21. The van der Waals surface area contributed by atoms with Gasteiger partial charge in [-0.25, -0.2) is 4.31 Å². The average molecular weight is 329 g/mol. The number of rotatable bonds is 2. The molecule has 4 fully saturated rings. The zero-order valence-electron chi connectivity index (χ0n) is 13.4. The summed E-state index contributed by atoms with van der Waals surface area (Å²) in [5.74, 6) is 1.16. The minimum atomic E-state index is 0.280. The van der Waals surface area contributed by atoms with E-state index in [0.717, 1.165) is 31.1 Å². The molecule has 6 rings (SSSR count). The number of hydrogen-bond donors (Lipinski definition) is 0. The van der Waals surface area contributed by atoms with Crippen molar-refractivity contribution >= 4 is 23.5 Å². The molecular weight excluding hydrogens is 306 g/mol. The molecule has 0 N–H and O–H groups in total. The van der Waals surface area contributed by atoms with Gasteiger partial charge in [-0.1, -0.05) is 6.07 Å². The molecule has 0 unspecified atom stereocenters. The van der Waals surface area contributed by atoms with Crippen LogP contribution in [-0.2, 0) is 11.3 Å². The normalized spacial score (nSPS) is 33.5. The Morgan fingerprint density at radius 3 is 2.70 bits per heavy atom. The van der Waals surface area contributed by atoms with Crippen LogP contribution in [0.4, 0.5) is 5.69 Å². The molecule has 122 valence electrons. The number of anilines is 1. The summed E-state index contributed by atoms with van der Waals surface area (Å²) in [5, 5.41) is 0. The minimum absolute atomic E-state index is 0.280. The summed E-state index contributed by atoms with van der Waals surface area (Å²) in [6.45, 7) is 5.78. The Balaban J connectivity index is 1.36. The van der Waals surface area contributed by atoms with Gasteiger partial charge in [0.05, 0.1) is 0 Å². The quantitative estimate of drug-likeness (QED) is 0.780. The van der Waals surface area contributed by atoms with E-state index in [2.05, 4.69) is 27.4 Å². The lowest BCUT2D eigenvalue weighted by Crippen LogP contribution is -2.54. The Bertz CT molecular complexity index is 641. The number of nitrogens with zero attached hydrogens (tertiary/aromatic N) is 3. The monoisotopic (exact) mass is 329 g/mol. The van der Waals surface area contributed by atoms with E-state index in [-0.39, 0.29) is 5.91 Å². The van der Waals surface area contributed by atoms with Crippen LogP contribution in [0.15, 0.2) is 23.1 Å². The van der Waals surface area contributed by atoms with Crippen molar-refractivity contribution < 1.29 is 4.79 Å². The van der Waals surface area contributed by atoms with Gasteiger partial charge in [-0.3, -0.25) is 4.79 Å². The number of amides is 1. The van der Waals surface area contributed by atoms with Crippen molar-refractivity contribution in [1.82, 2.24) is 9.21 Å². The highest BCUT2D eigenvalue weighted by atomic mass is 32.2. The van der Waals surface area contributed by atoms with E-state index in [0.29, 0.717) is 12.5 Å². The Morgan fingerprint density at radius 1 is 1.13 bits per heavy atom. The molecule has 4 nitrogen and oxygen atoms in total. The summed E-state index contributed by atoms with van der Waals surface area (Å²) in [4.78, 5) is 17.9. The number of benzene rings is 1. The zero-order valence-corrected chi connectivity index (χ0v) is 14.2. The van der Waals surface area contributed by atoms with Crippen molar-refractivity contribution in [3.63, 3.8) is 0 Å². The molecule has 4 saturated heterocycles. The molecule has 1 atom stereocenters. The summed E-state index contributed by atoms with van der Waals surface area (Å²) in [7, 11) is 0. The van der Waals surface area contributed by atoms with Crippen LogP contribution in [0.2, 0.25) is 0 Å². The summed E-state index contributed by atoms with van der Waals surface area (Å²) >= 11 is 1.93. The second kappa shape index (κ2) is 5.50. The predicted molar refractivity (Wildman–Crippen MR) is 92.4 cm³/mol. The van der Waals surface area contributed by atoms with Gasteiger partial charge in [0.25, 0.3) is 0 Å². The van der Waals surface area contributed by atoms with Crippen LogP contribution >= 0.6 is 11.9 Å². The van der Waals surface area contributed by atoms with Gasteiger partial charge in [-0.2, -0.15) is 0 Å². The third-order valence-corrected chi connectivity index (χ3v) is 7.18. The van der Waals surface area contributed by atoms with Gasteiger partial charge in [0.1, 0.15) is 0 Å².